The van der Waals surface area contributed by atoms with Crippen molar-refractivity contribution >= 4 is 29.5 Å². The van der Waals surface area contributed by atoms with Gasteiger partial charge >= 0.3 is 0 Å². The number of fused-ring (bicyclic) bond motifs is 1. The van der Waals surface area contributed by atoms with Crippen molar-refractivity contribution in [3.63, 3.8) is 0 Å². The molecule has 1 aliphatic heterocycles. The Kier molecular flexibility index (Phi) is 4.84. The number of hydrogen-bond donors (Lipinski definition) is 2. The Balaban J connectivity index is 1.77. The lowest BCUT2D eigenvalue weighted by atomic mass is 9.93. The molecule has 6 heteroatoms. The topological polar surface area (TPSA) is 92.5 Å². The summed E-state index contributed by atoms with van der Waals surface area (Å²) in [6.07, 6.45) is 3.70. The predicted octanol–water partition coefficient (Wildman–Crippen LogP) is 2.69. The Hall–Kier alpha value is -3.41. The fourth-order valence-electron chi connectivity index (χ4n) is 3.02. The number of anilines is 1. The molecule has 0 bridgehead atoms. The number of hydrogen-bond acceptors (Lipinski definition) is 3. The Morgan fingerprint density at radius 3 is 2.42 bits per heavy atom. The van der Waals surface area contributed by atoms with E-state index in [0.717, 1.165) is 11.1 Å². The highest BCUT2D eigenvalue weighted by molar-refractivity contribution is 5.95. The molecule has 26 heavy (non-hydrogen) atoms. The van der Waals surface area contributed by atoms with Crippen LogP contribution in [0, 0.1) is 0 Å². The largest absolute Gasteiger partial charge is 0.366 e. The minimum Gasteiger partial charge on any atom is -0.366 e. The van der Waals surface area contributed by atoms with E-state index in [1.54, 1.807) is 35.4 Å². The van der Waals surface area contributed by atoms with Crippen molar-refractivity contribution in [1.82, 2.24) is 4.90 Å². The lowest BCUT2D eigenvalue weighted by molar-refractivity contribution is -0.129. The van der Waals surface area contributed by atoms with E-state index in [1.165, 1.54) is 6.92 Å². The maximum Gasteiger partial charge on any atom is 0.248 e. The van der Waals surface area contributed by atoms with Crippen molar-refractivity contribution in [2.24, 2.45) is 5.73 Å². The zero-order valence-corrected chi connectivity index (χ0v) is 14.3. The van der Waals surface area contributed by atoms with E-state index in [4.69, 9.17) is 5.73 Å². The van der Waals surface area contributed by atoms with E-state index in [2.05, 4.69) is 5.32 Å². The van der Waals surface area contributed by atoms with Gasteiger partial charge in [-0.1, -0.05) is 24.3 Å². The van der Waals surface area contributed by atoms with Gasteiger partial charge in [-0.15, -0.1) is 0 Å². The summed E-state index contributed by atoms with van der Waals surface area (Å²) in [5.74, 6) is -0.872. The second-order valence-electron chi connectivity index (χ2n) is 6.08. The normalized spacial score (nSPS) is 15.3. The Labute approximate surface area is 151 Å². The van der Waals surface area contributed by atoms with E-state index >= 15 is 0 Å². The first-order valence-electron chi connectivity index (χ1n) is 8.21. The zero-order valence-electron chi connectivity index (χ0n) is 14.3. The Morgan fingerprint density at radius 1 is 1.08 bits per heavy atom. The highest BCUT2D eigenvalue weighted by Gasteiger charge is 2.28. The number of nitrogens with zero attached hydrogens (tertiary/aromatic N) is 1. The van der Waals surface area contributed by atoms with Crippen LogP contribution in [0.25, 0.3) is 6.08 Å². The first-order chi connectivity index (χ1) is 12.5. The minimum atomic E-state index is -0.523. The fourth-order valence-corrected chi connectivity index (χ4v) is 3.02. The molecule has 1 atom stereocenters. The molecule has 6 nitrogen and oxygen atoms in total. The molecule has 0 spiro atoms. The van der Waals surface area contributed by atoms with Crippen molar-refractivity contribution in [3.05, 3.63) is 71.4 Å². The molecule has 0 fully saturated rings. The van der Waals surface area contributed by atoms with Crippen LogP contribution >= 0.6 is 0 Å². The van der Waals surface area contributed by atoms with Gasteiger partial charge in [-0.05, 0) is 41.5 Å². The lowest BCUT2D eigenvalue weighted by Gasteiger charge is -2.32. The summed E-state index contributed by atoms with van der Waals surface area (Å²) < 4.78 is 0. The SMILES string of the molecule is CC(=O)N1C=Cc2ccccc2[C@@H]1CC(=O)Nc1ccc(C(N)=O)cc1. The fraction of sp³-hybridized carbons (Fsp3) is 0.150. The molecule has 0 unspecified atom stereocenters. The van der Waals surface area contributed by atoms with Crippen molar-refractivity contribution in [2.75, 3.05) is 5.32 Å². The Bertz CT molecular complexity index is 887. The number of amides is 3. The summed E-state index contributed by atoms with van der Waals surface area (Å²) in [5.41, 5.74) is 8.07. The third kappa shape index (κ3) is 3.64. The predicted molar refractivity (Wildman–Crippen MR) is 98.9 cm³/mol. The van der Waals surface area contributed by atoms with Gasteiger partial charge in [-0.2, -0.15) is 0 Å². The first-order valence-corrected chi connectivity index (χ1v) is 8.21. The van der Waals surface area contributed by atoms with Crippen LogP contribution in [0.4, 0.5) is 5.69 Å². The van der Waals surface area contributed by atoms with Crippen molar-refractivity contribution < 1.29 is 14.4 Å². The van der Waals surface area contributed by atoms with Crippen LogP contribution in [0.15, 0.2) is 54.7 Å². The van der Waals surface area contributed by atoms with Crippen LogP contribution in [0.1, 0.15) is 40.9 Å². The van der Waals surface area contributed by atoms with Gasteiger partial charge in [0, 0.05) is 24.4 Å². The average Bonchev–Trinajstić information content (AvgIpc) is 2.62. The third-order valence-electron chi connectivity index (χ3n) is 4.30. The maximum atomic E-state index is 12.5. The summed E-state index contributed by atoms with van der Waals surface area (Å²) in [6, 6.07) is 13.7. The van der Waals surface area contributed by atoms with E-state index in [1.807, 2.05) is 30.3 Å². The molecule has 0 saturated carbocycles. The molecule has 132 valence electrons. The van der Waals surface area contributed by atoms with E-state index in [-0.39, 0.29) is 24.3 Å². The van der Waals surface area contributed by atoms with Gasteiger partial charge in [0.15, 0.2) is 0 Å². The quantitative estimate of drug-likeness (QED) is 0.889. The van der Waals surface area contributed by atoms with Crippen molar-refractivity contribution in [1.29, 1.82) is 0 Å². The van der Waals surface area contributed by atoms with Crippen LogP contribution in [-0.2, 0) is 9.59 Å². The molecule has 3 N–H and O–H groups in total. The number of nitrogens with one attached hydrogen (secondary N) is 1. The number of benzene rings is 2. The molecule has 3 rings (SSSR count). The standard InChI is InChI=1S/C20H19N3O3/c1-13(24)23-11-10-14-4-2-3-5-17(14)18(23)12-19(25)22-16-8-6-15(7-9-16)20(21)26/h2-11,18H,12H2,1H3,(H2,21,26)(H,22,25)/t18-/m0/s1. The molecule has 2 aromatic rings. The summed E-state index contributed by atoms with van der Waals surface area (Å²) in [5, 5.41) is 2.79. The smallest absolute Gasteiger partial charge is 0.248 e. The molecule has 1 heterocycles. The second-order valence-corrected chi connectivity index (χ2v) is 6.08. The molecule has 0 radical (unpaired) electrons. The van der Waals surface area contributed by atoms with E-state index < -0.39 is 5.91 Å². The van der Waals surface area contributed by atoms with Crippen LogP contribution in [0.5, 0.6) is 0 Å². The number of carbonyl (C=O) groups excluding carboxylic acids is 3. The van der Waals surface area contributed by atoms with Gasteiger partial charge in [-0.3, -0.25) is 14.4 Å². The molecule has 2 aromatic carbocycles. The van der Waals surface area contributed by atoms with E-state index in [0.29, 0.717) is 11.3 Å². The highest BCUT2D eigenvalue weighted by Crippen LogP contribution is 2.33. The molecule has 0 aromatic heterocycles. The van der Waals surface area contributed by atoms with Crippen LogP contribution in [0.2, 0.25) is 0 Å². The number of carbonyl (C=O) groups is 3. The van der Waals surface area contributed by atoms with Crippen LogP contribution in [-0.4, -0.2) is 22.6 Å². The van der Waals surface area contributed by atoms with Crippen LogP contribution < -0.4 is 11.1 Å². The lowest BCUT2D eigenvalue weighted by Crippen LogP contribution is -2.33. The summed E-state index contributed by atoms with van der Waals surface area (Å²) in [6.45, 7) is 1.48. The van der Waals surface area contributed by atoms with Crippen molar-refractivity contribution in [3.8, 4) is 0 Å². The molecule has 3 amide bonds. The summed E-state index contributed by atoms with van der Waals surface area (Å²) >= 11 is 0. The molecular weight excluding hydrogens is 330 g/mol. The second kappa shape index (κ2) is 7.23. The third-order valence-corrected chi connectivity index (χ3v) is 4.30. The molecular formula is C20H19N3O3. The van der Waals surface area contributed by atoms with Crippen LogP contribution in [0.3, 0.4) is 0 Å². The van der Waals surface area contributed by atoms with Gasteiger partial charge in [-0.25, -0.2) is 0 Å². The zero-order chi connectivity index (χ0) is 18.7. The van der Waals surface area contributed by atoms with Gasteiger partial charge in [0.05, 0.1) is 12.5 Å². The first kappa shape index (κ1) is 17.4. The molecule has 1 aliphatic rings. The number of nitrogens with two attached hydrogens (primary N) is 1. The molecule has 0 saturated heterocycles. The summed E-state index contributed by atoms with van der Waals surface area (Å²) in [4.78, 5) is 37.1. The van der Waals surface area contributed by atoms with Gasteiger partial charge < -0.3 is 16.0 Å². The summed E-state index contributed by atoms with van der Waals surface area (Å²) in [7, 11) is 0. The van der Waals surface area contributed by atoms with E-state index in [9.17, 15) is 14.4 Å². The van der Waals surface area contributed by atoms with Gasteiger partial charge in [0.1, 0.15) is 0 Å². The number of primary amides is 1. The van der Waals surface area contributed by atoms with Gasteiger partial charge in [0.25, 0.3) is 0 Å². The maximum absolute atomic E-state index is 12.5. The highest BCUT2D eigenvalue weighted by atomic mass is 16.2. The Morgan fingerprint density at radius 2 is 1.77 bits per heavy atom. The average molecular weight is 349 g/mol. The monoisotopic (exact) mass is 349 g/mol. The molecule has 0 aliphatic carbocycles. The number of rotatable bonds is 4. The van der Waals surface area contributed by atoms with Gasteiger partial charge in [0.2, 0.25) is 17.7 Å². The minimum absolute atomic E-state index is 0.124. The van der Waals surface area contributed by atoms with Crippen molar-refractivity contribution in [2.45, 2.75) is 19.4 Å².